The van der Waals surface area contributed by atoms with E-state index in [1.165, 1.54) is 19.4 Å². The Bertz CT molecular complexity index is 474. The van der Waals surface area contributed by atoms with Crippen LogP contribution in [0.3, 0.4) is 0 Å². The van der Waals surface area contributed by atoms with Gasteiger partial charge in [-0.05, 0) is 48.8 Å². The van der Waals surface area contributed by atoms with Gasteiger partial charge in [0, 0.05) is 31.1 Å². The average molecular weight is 355 g/mol. The third-order valence-electron chi connectivity index (χ3n) is 3.91. The van der Waals surface area contributed by atoms with Gasteiger partial charge in [0.05, 0.1) is 0 Å². The Morgan fingerprint density at radius 2 is 1.86 bits per heavy atom. The molecular formula is C16H27BrN4. The monoisotopic (exact) mass is 354 g/mol. The number of hydrogen-bond donors (Lipinski definition) is 0. The van der Waals surface area contributed by atoms with Gasteiger partial charge in [-0.2, -0.15) is 0 Å². The Labute approximate surface area is 137 Å². The predicted octanol–water partition coefficient (Wildman–Crippen LogP) is 3.31. The van der Waals surface area contributed by atoms with Crippen LogP contribution in [-0.2, 0) is 5.41 Å². The number of hydrogen-bond acceptors (Lipinski definition) is 4. The summed E-state index contributed by atoms with van der Waals surface area (Å²) in [5, 5.41) is 0. The molecule has 1 aromatic heterocycles. The van der Waals surface area contributed by atoms with Crippen molar-refractivity contribution in [2.45, 2.75) is 39.0 Å². The minimum absolute atomic E-state index is 0.0260. The molecule has 5 heteroatoms. The zero-order valence-electron chi connectivity index (χ0n) is 13.9. The van der Waals surface area contributed by atoms with Gasteiger partial charge in [-0.3, -0.25) is 0 Å². The first-order valence-electron chi connectivity index (χ1n) is 7.70. The van der Waals surface area contributed by atoms with Gasteiger partial charge in [0.2, 0.25) is 0 Å². The van der Waals surface area contributed by atoms with Crippen LogP contribution in [0.4, 0.5) is 5.82 Å². The van der Waals surface area contributed by atoms with Gasteiger partial charge in [-0.15, -0.1) is 0 Å². The van der Waals surface area contributed by atoms with Crippen molar-refractivity contribution in [1.29, 1.82) is 0 Å². The van der Waals surface area contributed by atoms with E-state index in [0.29, 0.717) is 0 Å². The number of rotatable bonds is 3. The van der Waals surface area contributed by atoms with Gasteiger partial charge in [0.25, 0.3) is 0 Å². The zero-order valence-corrected chi connectivity index (χ0v) is 15.4. The van der Waals surface area contributed by atoms with E-state index in [0.717, 1.165) is 35.3 Å². The lowest BCUT2D eigenvalue weighted by molar-refractivity contribution is 0.284. The maximum atomic E-state index is 4.79. The van der Waals surface area contributed by atoms with Crippen molar-refractivity contribution in [2.75, 3.05) is 38.6 Å². The summed E-state index contributed by atoms with van der Waals surface area (Å²) >= 11 is 3.53. The lowest BCUT2D eigenvalue weighted by atomic mass is 9.95. The van der Waals surface area contributed by atoms with Crippen LogP contribution in [0.5, 0.6) is 0 Å². The van der Waals surface area contributed by atoms with Gasteiger partial charge in [-0.1, -0.05) is 20.8 Å². The standard InChI is InChI=1S/C16H27BrN4/c1-16(2,3)15-18-13(17)10-14(19-15)21-8-6-12(7-9-21)11-20(4)5/h10,12H,6-9,11H2,1-5H3. The summed E-state index contributed by atoms with van der Waals surface area (Å²) in [6.45, 7) is 9.83. The summed E-state index contributed by atoms with van der Waals surface area (Å²) in [6.07, 6.45) is 2.48. The summed E-state index contributed by atoms with van der Waals surface area (Å²) < 4.78 is 0.882. The zero-order chi connectivity index (χ0) is 15.6. The summed E-state index contributed by atoms with van der Waals surface area (Å²) in [5.41, 5.74) is -0.0260. The topological polar surface area (TPSA) is 32.3 Å². The van der Waals surface area contributed by atoms with Crippen molar-refractivity contribution in [3.63, 3.8) is 0 Å². The molecule has 1 aliphatic rings. The first-order chi connectivity index (χ1) is 9.75. The highest BCUT2D eigenvalue weighted by atomic mass is 79.9. The average Bonchev–Trinajstić information content (AvgIpc) is 2.37. The molecule has 0 N–H and O–H groups in total. The SMILES string of the molecule is CN(C)CC1CCN(c2cc(Br)nc(C(C)(C)C)n2)CC1. The molecule has 0 unspecified atom stereocenters. The van der Waals surface area contributed by atoms with E-state index in [1.807, 2.05) is 6.07 Å². The molecule has 1 saturated heterocycles. The summed E-state index contributed by atoms with van der Waals surface area (Å²) in [6, 6.07) is 2.04. The molecule has 0 atom stereocenters. The third-order valence-corrected chi connectivity index (χ3v) is 4.32. The van der Waals surface area contributed by atoms with E-state index in [1.54, 1.807) is 0 Å². The molecule has 0 saturated carbocycles. The minimum Gasteiger partial charge on any atom is -0.356 e. The van der Waals surface area contributed by atoms with E-state index >= 15 is 0 Å². The van der Waals surface area contributed by atoms with Crippen LogP contribution in [0.1, 0.15) is 39.4 Å². The van der Waals surface area contributed by atoms with E-state index in [4.69, 9.17) is 4.98 Å². The second-order valence-electron chi connectivity index (χ2n) is 7.32. The Morgan fingerprint density at radius 1 is 1.24 bits per heavy atom. The largest absolute Gasteiger partial charge is 0.356 e. The molecule has 0 spiro atoms. The maximum absolute atomic E-state index is 4.79. The molecule has 21 heavy (non-hydrogen) atoms. The van der Waals surface area contributed by atoms with Crippen LogP contribution < -0.4 is 4.90 Å². The molecule has 0 aromatic carbocycles. The molecule has 0 bridgehead atoms. The number of halogens is 1. The Kier molecular flexibility index (Phi) is 5.25. The molecule has 0 amide bonds. The maximum Gasteiger partial charge on any atom is 0.137 e. The number of aromatic nitrogens is 2. The predicted molar refractivity (Wildman–Crippen MR) is 91.9 cm³/mol. The molecule has 0 aliphatic carbocycles. The van der Waals surface area contributed by atoms with E-state index in [-0.39, 0.29) is 5.41 Å². The highest BCUT2D eigenvalue weighted by molar-refractivity contribution is 9.10. The van der Waals surface area contributed by atoms with Gasteiger partial charge in [0.15, 0.2) is 0 Å². The lowest BCUT2D eigenvalue weighted by Crippen LogP contribution is -2.37. The molecule has 0 radical (unpaired) electrons. The van der Waals surface area contributed by atoms with Crippen molar-refractivity contribution in [1.82, 2.24) is 14.9 Å². The molecule has 118 valence electrons. The van der Waals surface area contributed by atoms with Gasteiger partial charge >= 0.3 is 0 Å². The number of nitrogens with zero attached hydrogens (tertiary/aromatic N) is 4. The van der Waals surface area contributed by atoms with Crippen molar-refractivity contribution in [3.05, 3.63) is 16.5 Å². The first-order valence-corrected chi connectivity index (χ1v) is 8.50. The second-order valence-corrected chi connectivity index (χ2v) is 8.13. The molecule has 1 fully saturated rings. The van der Waals surface area contributed by atoms with Crippen LogP contribution in [0.15, 0.2) is 10.7 Å². The Hall–Kier alpha value is -0.680. The van der Waals surface area contributed by atoms with E-state index < -0.39 is 0 Å². The van der Waals surface area contributed by atoms with Gasteiger partial charge in [0.1, 0.15) is 16.2 Å². The molecular weight excluding hydrogens is 328 g/mol. The van der Waals surface area contributed by atoms with E-state index in [2.05, 4.69) is 65.6 Å². The normalized spacial score (nSPS) is 17.6. The highest BCUT2D eigenvalue weighted by Crippen LogP contribution is 2.27. The Balaban J connectivity index is 2.08. The molecule has 4 nitrogen and oxygen atoms in total. The minimum atomic E-state index is -0.0260. The summed E-state index contributed by atoms with van der Waals surface area (Å²) in [5.74, 6) is 2.77. The van der Waals surface area contributed by atoms with Crippen LogP contribution >= 0.6 is 15.9 Å². The van der Waals surface area contributed by atoms with Crippen molar-refractivity contribution < 1.29 is 0 Å². The lowest BCUT2D eigenvalue weighted by Gasteiger charge is -2.34. The fourth-order valence-electron chi connectivity index (χ4n) is 2.76. The Morgan fingerprint density at radius 3 is 2.38 bits per heavy atom. The van der Waals surface area contributed by atoms with Crippen LogP contribution in [0.25, 0.3) is 0 Å². The molecule has 2 rings (SSSR count). The summed E-state index contributed by atoms with van der Waals surface area (Å²) in [4.78, 5) is 14.0. The van der Waals surface area contributed by atoms with Crippen molar-refractivity contribution >= 4 is 21.7 Å². The first kappa shape index (κ1) is 16.7. The number of piperidine rings is 1. The molecule has 2 heterocycles. The fraction of sp³-hybridized carbons (Fsp3) is 0.750. The smallest absolute Gasteiger partial charge is 0.137 e. The van der Waals surface area contributed by atoms with Crippen LogP contribution in [0.2, 0.25) is 0 Å². The second kappa shape index (κ2) is 6.61. The molecule has 1 aromatic rings. The quantitative estimate of drug-likeness (QED) is 0.779. The summed E-state index contributed by atoms with van der Waals surface area (Å²) in [7, 11) is 4.31. The third kappa shape index (κ3) is 4.65. The highest BCUT2D eigenvalue weighted by Gasteiger charge is 2.24. The van der Waals surface area contributed by atoms with Gasteiger partial charge < -0.3 is 9.80 Å². The fourth-order valence-corrected chi connectivity index (χ4v) is 3.14. The number of anilines is 1. The van der Waals surface area contributed by atoms with Gasteiger partial charge in [-0.25, -0.2) is 9.97 Å². The molecule has 1 aliphatic heterocycles. The van der Waals surface area contributed by atoms with Crippen LogP contribution in [0, 0.1) is 5.92 Å². The van der Waals surface area contributed by atoms with Crippen molar-refractivity contribution in [2.24, 2.45) is 5.92 Å². The van der Waals surface area contributed by atoms with Crippen LogP contribution in [-0.4, -0.2) is 48.6 Å². The van der Waals surface area contributed by atoms with Crippen molar-refractivity contribution in [3.8, 4) is 0 Å². The van der Waals surface area contributed by atoms with E-state index in [9.17, 15) is 0 Å².